The summed E-state index contributed by atoms with van der Waals surface area (Å²) in [6.07, 6.45) is 3.10. The Morgan fingerprint density at radius 1 is 1.21 bits per heavy atom. The molecule has 0 radical (unpaired) electrons. The van der Waals surface area contributed by atoms with Gasteiger partial charge in [-0.3, -0.25) is 4.79 Å². The third-order valence-corrected chi connectivity index (χ3v) is 5.36. The molecule has 0 bridgehead atoms. The van der Waals surface area contributed by atoms with Crippen molar-refractivity contribution in [2.75, 3.05) is 32.5 Å². The fourth-order valence-electron chi connectivity index (χ4n) is 2.57. The summed E-state index contributed by atoms with van der Waals surface area (Å²) in [4.78, 5) is 13.3. The third kappa shape index (κ3) is 5.51. The number of hydrogen-bond acceptors (Lipinski definition) is 4. The van der Waals surface area contributed by atoms with Crippen LogP contribution in [0.2, 0.25) is 4.34 Å². The summed E-state index contributed by atoms with van der Waals surface area (Å²) in [5, 5.41) is 6.34. The number of halogens is 1. The summed E-state index contributed by atoms with van der Waals surface area (Å²) >= 11 is 7.47. The van der Waals surface area contributed by atoms with Crippen LogP contribution in [0.1, 0.15) is 12.8 Å². The Morgan fingerprint density at radius 3 is 2.38 bits per heavy atom. The molecule has 3 rings (SSSR count). The number of amides is 1. The number of thiophene rings is 1. The van der Waals surface area contributed by atoms with Crippen molar-refractivity contribution in [2.45, 2.75) is 18.9 Å². The van der Waals surface area contributed by atoms with Gasteiger partial charge in [0.1, 0.15) is 0 Å². The normalized spacial score (nSPS) is 14.5. The van der Waals surface area contributed by atoms with Gasteiger partial charge in [-0.2, -0.15) is 0 Å². The molecule has 0 aliphatic carbocycles. The van der Waals surface area contributed by atoms with Crippen LogP contribution in [0.4, 0.5) is 5.69 Å². The summed E-state index contributed by atoms with van der Waals surface area (Å²) < 4.78 is 0.831. The average molecular weight is 366 g/mol. The van der Waals surface area contributed by atoms with E-state index in [1.165, 1.54) is 10.4 Å². The number of nitrogens with one attached hydrogen (secondary N) is 2. The Morgan fingerprint density at radius 2 is 1.88 bits per heavy atom. The number of rotatable bonds is 4. The molecule has 0 saturated carbocycles. The first-order valence-corrected chi connectivity index (χ1v) is 9.25. The van der Waals surface area contributed by atoms with Crippen LogP contribution in [0.3, 0.4) is 0 Å². The van der Waals surface area contributed by atoms with E-state index in [0.29, 0.717) is 6.04 Å². The van der Waals surface area contributed by atoms with Crippen molar-refractivity contribution in [2.24, 2.45) is 0 Å². The second-order valence-corrected chi connectivity index (χ2v) is 7.40. The smallest absolute Gasteiger partial charge is 0.209 e. The standard InChI is InChI=1S/C11H10ClNS.C7H14N2O/c1-13-9-4-2-8(3-5-9)10-6-7-11(12)14-10;1-9(6-10)7-2-4-8-5-3-7/h2-7,13H,1H3;6-8H,2-5H2,1H3. The van der Waals surface area contributed by atoms with Crippen LogP contribution in [0.25, 0.3) is 10.4 Å². The monoisotopic (exact) mass is 365 g/mol. The van der Waals surface area contributed by atoms with E-state index in [4.69, 9.17) is 11.6 Å². The minimum atomic E-state index is 0.471. The molecule has 1 aromatic heterocycles. The molecule has 0 unspecified atom stereocenters. The van der Waals surface area contributed by atoms with Crippen molar-refractivity contribution in [3.05, 3.63) is 40.7 Å². The van der Waals surface area contributed by atoms with E-state index in [1.807, 2.05) is 26.2 Å². The van der Waals surface area contributed by atoms with Crippen molar-refractivity contribution in [3.63, 3.8) is 0 Å². The van der Waals surface area contributed by atoms with Gasteiger partial charge in [-0.05, 0) is 55.8 Å². The molecule has 1 aliphatic rings. The maximum Gasteiger partial charge on any atom is 0.209 e. The molecule has 1 saturated heterocycles. The molecular formula is C18H24ClN3OS. The van der Waals surface area contributed by atoms with Crippen molar-refractivity contribution in [3.8, 4) is 10.4 Å². The molecular weight excluding hydrogens is 342 g/mol. The fraction of sp³-hybridized carbons (Fsp3) is 0.389. The van der Waals surface area contributed by atoms with Crippen LogP contribution in [0, 0.1) is 0 Å². The summed E-state index contributed by atoms with van der Waals surface area (Å²) in [5.41, 5.74) is 2.33. The highest BCUT2D eigenvalue weighted by Crippen LogP contribution is 2.31. The highest BCUT2D eigenvalue weighted by molar-refractivity contribution is 7.19. The maximum atomic E-state index is 10.3. The molecule has 2 N–H and O–H groups in total. The SMILES string of the molecule is CN(C=O)C1CCNCC1.CNc1ccc(-c2ccc(Cl)s2)cc1. The summed E-state index contributed by atoms with van der Waals surface area (Å²) in [6.45, 7) is 2.09. The lowest BCUT2D eigenvalue weighted by Gasteiger charge is -2.28. The minimum Gasteiger partial charge on any atom is -0.388 e. The van der Waals surface area contributed by atoms with Gasteiger partial charge in [-0.15, -0.1) is 11.3 Å². The van der Waals surface area contributed by atoms with E-state index in [2.05, 4.69) is 34.9 Å². The number of nitrogens with zero attached hydrogens (tertiary/aromatic N) is 1. The molecule has 2 aromatic rings. The van der Waals surface area contributed by atoms with Crippen LogP contribution < -0.4 is 10.6 Å². The molecule has 2 heterocycles. The molecule has 1 aromatic carbocycles. The van der Waals surface area contributed by atoms with Gasteiger partial charge in [0.25, 0.3) is 0 Å². The summed E-state index contributed by atoms with van der Waals surface area (Å²) in [6, 6.07) is 12.7. The Labute approximate surface area is 152 Å². The predicted octanol–water partition coefficient (Wildman–Crippen LogP) is 3.94. The predicted molar refractivity (Wildman–Crippen MR) is 104 cm³/mol. The van der Waals surface area contributed by atoms with Crippen molar-refractivity contribution in [1.82, 2.24) is 10.2 Å². The van der Waals surface area contributed by atoms with Gasteiger partial charge < -0.3 is 15.5 Å². The Kier molecular flexibility index (Phi) is 7.56. The van der Waals surface area contributed by atoms with Crippen LogP contribution in [-0.4, -0.2) is 44.5 Å². The molecule has 0 atom stereocenters. The second kappa shape index (κ2) is 9.67. The topological polar surface area (TPSA) is 44.4 Å². The van der Waals surface area contributed by atoms with Gasteiger partial charge in [0.05, 0.1) is 4.34 Å². The van der Waals surface area contributed by atoms with E-state index in [-0.39, 0.29) is 0 Å². The second-order valence-electron chi connectivity index (χ2n) is 5.68. The zero-order chi connectivity index (χ0) is 17.4. The number of hydrogen-bond donors (Lipinski definition) is 2. The van der Waals surface area contributed by atoms with Crippen molar-refractivity contribution >= 4 is 35.0 Å². The van der Waals surface area contributed by atoms with Crippen molar-refractivity contribution in [1.29, 1.82) is 0 Å². The highest BCUT2D eigenvalue weighted by atomic mass is 35.5. The van der Waals surface area contributed by atoms with Crippen LogP contribution in [0.5, 0.6) is 0 Å². The summed E-state index contributed by atoms with van der Waals surface area (Å²) in [7, 11) is 3.76. The molecule has 130 valence electrons. The molecule has 1 fully saturated rings. The molecule has 1 amide bonds. The number of piperidine rings is 1. The Bertz CT molecular complexity index is 623. The first-order valence-electron chi connectivity index (χ1n) is 8.05. The Balaban J connectivity index is 0.000000185. The quantitative estimate of drug-likeness (QED) is 0.807. The zero-order valence-corrected chi connectivity index (χ0v) is 15.7. The molecule has 4 nitrogen and oxygen atoms in total. The molecule has 0 spiro atoms. The number of carbonyl (C=O) groups excluding carboxylic acids is 1. The first-order chi connectivity index (χ1) is 11.6. The van der Waals surface area contributed by atoms with Gasteiger partial charge in [0.15, 0.2) is 0 Å². The maximum absolute atomic E-state index is 10.3. The number of benzene rings is 1. The van der Waals surface area contributed by atoms with Gasteiger partial charge in [0.2, 0.25) is 6.41 Å². The van der Waals surface area contributed by atoms with E-state index in [1.54, 1.807) is 16.2 Å². The van der Waals surface area contributed by atoms with Crippen molar-refractivity contribution < 1.29 is 4.79 Å². The van der Waals surface area contributed by atoms with Gasteiger partial charge >= 0.3 is 0 Å². The summed E-state index contributed by atoms with van der Waals surface area (Å²) in [5.74, 6) is 0. The Hall–Kier alpha value is -1.56. The van der Waals surface area contributed by atoms with E-state index in [9.17, 15) is 4.79 Å². The minimum absolute atomic E-state index is 0.471. The lowest BCUT2D eigenvalue weighted by molar-refractivity contribution is -0.119. The van der Waals surface area contributed by atoms with Gasteiger partial charge in [-0.25, -0.2) is 0 Å². The van der Waals surface area contributed by atoms with Crippen LogP contribution in [0.15, 0.2) is 36.4 Å². The lowest BCUT2D eigenvalue weighted by atomic mass is 10.1. The van der Waals surface area contributed by atoms with Gasteiger partial charge in [-0.1, -0.05) is 23.7 Å². The number of carbonyl (C=O) groups is 1. The van der Waals surface area contributed by atoms with Gasteiger partial charge in [0, 0.05) is 30.7 Å². The first kappa shape index (κ1) is 18.8. The average Bonchev–Trinajstić information content (AvgIpc) is 3.09. The largest absolute Gasteiger partial charge is 0.388 e. The molecule has 24 heavy (non-hydrogen) atoms. The number of anilines is 1. The lowest BCUT2D eigenvalue weighted by Crippen LogP contribution is -2.40. The highest BCUT2D eigenvalue weighted by Gasteiger charge is 2.15. The fourth-order valence-corrected chi connectivity index (χ4v) is 3.62. The third-order valence-electron chi connectivity index (χ3n) is 4.08. The zero-order valence-electron chi connectivity index (χ0n) is 14.1. The van der Waals surface area contributed by atoms with Crippen LogP contribution >= 0.6 is 22.9 Å². The van der Waals surface area contributed by atoms with E-state index >= 15 is 0 Å². The van der Waals surface area contributed by atoms with E-state index in [0.717, 1.165) is 42.4 Å². The molecule has 6 heteroatoms. The van der Waals surface area contributed by atoms with E-state index < -0.39 is 0 Å². The van der Waals surface area contributed by atoms with Crippen LogP contribution in [-0.2, 0) is 4.79 Å². The molecule has 1 aliphatic heterocycles.